The maximum Gasteiger partial charge on any atom is 0.251 e. The van der Waals surface area contributed by atoms with Crippen molar-refractivity contribution in [3.63, 3.8) is 0 Å². The van der Waals surface area contributed by atoms with E-state index in [0.29, 0.717) is 5.56 Å². The number of benzene rings is 1. The van der Waals surface area contributed by atoms with Crippen LogP contribution in [-0.4, -0.2) is 36.1 Å². The molecule has 0 bridgehead atoms. The van der Waals surface area contributed by atoms with Crippen molar-refractivity contribution >= 4 is 11.8 Å². The average Bonchev–Trinajstić information content (AvgIpc) is 2.39. The molecule has 0 aliphatic heterocycles. The molecule has 2 amide bonds. The largest absolute Gasteiger partial charge is 0.394 e. The van der Waals surface area contributed by atoms with E-state index >= 15 is 0 Å². The molecule has 0 fully saturated rings. The Hall–Kier alpha value is -1.88. The van der Waals surface area contributed by atoms with Crippen molar-refractivity contribution < 1.29 is 14.7 Å². The number of rotatable bonds is 6. The highest BCUT2D eigenvalue weighted by atomic mass is 16.3. The Bertz CT molecular complexity index is 392. The highest BCUT2D eigenvalue weighted by Gasteiger charge is 2.07. The Morgan fingerprint density at radius 2 is 1.94 bits per heavy atom. The Labute approximate surface area is 106 Å². The lowest BCUT2D eigenvalue weighted by atomic mass is 10.2. The van der Waals surface area contributed by atoms with E-state index < -0.39 is 0 Å². The minimum Gasteiger partial charge on any atom is -0.394 e. The van der Waals surface area contributed by atoms with Gasteiger partial charge in [0.05, 0.1) is 6.61 Å². The van der Waals surface area contributed by atoms with Crippen molar-refractivity contribution in [3.8, 4) is 0 Å². The van der Waals surface area contributed by atoms with Gasteiger partial charge in [-0.05, 0) is 19.1 Å². The number of hydrogen-bond acceptors (Lipinski definition) is 3. The highest BCUT2D eigenvalue weighted by molar-refractivity contribution is 5.94. The predicted molar refractivity (Wildman–Crippen MR) is 68.1 cm³/mol. The summed E-state index contributed by atoms with van der Waals surface area (Å²) < 4.78 is 0. The summed E-state index contributed by atoms with van der Waals surface area (Å²) in [5.74, 6) is -0.386. The molecule has 1 rings (SSSR count). The first-order valence-electron chi connectivity index (χ1n) is 5.87. The Kier molecular flexibility index (Phi) is 5.87. The maximum absolute atomic E-state index is 11.6. The van der Waals surface area contributed by atoms with Crippen molar-refractivity contribution in [2.24, 2.45) is 0 Å². The predicted octanol–water partition coefficient (Wildman–Crippen LogP) is 0.303. The highest BCUT2D eigenvalue weighted by Crippen LogP contribution is 1.97. The van der Waals surface area contributed by atoms with Crippen molar-refractivity contribution in [3.05, 3.63) is 35.9 Å². The molecule has 5 heteroatoms. The van der Waals surface area contributed by atoms with Gasteiger partial charge in [0.15, 0.2) is 0 Å². The second-order valence-corrected chi connectivity index (χ2v) is 4.02. The van der Waals surface area contributed by atoms with Crippen molar-refractivity contribution in [2.45, 2.75) is 19.4 Å². The lowest BCUT2D eigenvalue weighted by Gasteiger charge is -2.10. The number of aliphatic hydroxyl groups is 1. The third-order valence-electron chi connectivity index (χ3n) is 2.35. The number of hydrogen-bond donors (Lipinski definition) is 3. The second kappa shape index (κ2) is 7.45. The minimum atomic E-state index is -0.262. The molecule has 98 valence electrons. The van der Waals surface area contributed by atoms with Crippen molar-refractivity contribution in [2.75, 3.05) is 13.2 Å². The minimum absolute atomic E-state index is 0.0951. The summed E-state index contributed by atoms with van der Waals surface area (Å²) in [6.45, 7) is 1.89. The Morgan fingerprint density at radius 1 is 1.28 bits per heavy atom. The van der Waals surface area contributed by atoms with Crippen LogP contribution in [0, 0.1) is 0 Å². The summed E-state index contributed by atoms with van der Waals surface area (Å²) in [7, 11) is 0. The van der Waals surface area contributed by atoms with E-state index in [0.717, 1.165) is 0 Å². The molecule has 1 aromatic rings. The summed E-state index contributed by atoms with van der Waals surface area (Å²) in [6.07, 6.45) is 0.197. The average molecular weight is 250 g/mol. The maximum atomic E-state index is 11.6. The Morgan fingerprint density at radius 3 is 2.56 bits per heavy atom. The van der Waals surface area contributed by atoms with Gasteiger partial charge < -0.3 is 15.7 Å². The number of amides is 2. The van der Waals surface area contributed by atoms with Crippen LogP contribution in [0.5, 0.6) is 0 Å². The first kappa shape index (κ1) is 14.2. The van der Waals surface area contributed by atoms with Crippen LogP contribution in [0.1, 0.15) is 23.7 Å². The van der Waals surface area contributed by atoms with Gasteiger partial charge in [-0.1, -0.05) is 18.2 Å². The summed E-state index contributed by atoms with van der Waals surface area (Å²) in [5.41, 5.74) is 0.571. The molecule has 0 heterocycles. The van der Waals surface area contributed by atoms with Crippen LogP contribution in [0.3, 0.4) is 0 Å². The summed E-state index contributed by atoms with van der Waals surface area (Å²) in [4.78, 5) is 23.0. The van der Waals surface area contributed by atoms with Gasteiger partial charge in [0, 0.05) is 24.6 Å². The molecule has 0 aliphatic carbocycles. The van der Waals surface area contributed by atoms with Crippen molar-refractivity contribution in [1.29, 1.82) is 0 Å². The quantitative estimate of drug-likeness (QED) is 0.679. The normalized spacial score (nSPS) is 11.7. The second-order valence-electron chi connectivity index (χ2n) is 4.02. The molecule has 0 radical (unpaired) electrons. The zero-order valence-corrected chi connectivity index (χ0v) is 10.3. The van der Waals surface area contributed by atoms with E-state index in [-0.39, 0.29) is 37.4 Å². The van der Waals surface area contributed by atoms with Gasteiger partial charge in [-0.2, -0.15) is 0 Å². The van der Waals surface area contributed by atoms with Crippen LogP contribution < -0.4 is 10.6 Å². The van der Waals surface area contributed by atoms with Crippen LogP contribution in [0.4, 0.5) is 0 Å². The van der Waals surface area contributed by atoms with E-state index in [4.69, 9.17) is 5.11 Å². The van der Waals surface area contributed by atoms with E-state index in [9.17, 15) is 9.59 Å². The zero-order valence-electron chi connectivity index (χ0n) is 10.3. The van der Waals surface area contributed by atoms with Gasteiger partial charge >= 0.3 is 0 Å². The van der Waals surface area contributed by atoms with E-state index in [1.807, 2.05) is 6.07 Å². The number of aliphatic hydroxyl groups excluding tert-OH is 1. The fourth-order valence-corrected chi connectivity index (χ4v) is 1.37. The fraction of sp³-hybridized carbons (Fsp3) is 0.385. The zero-order chi connectivity index (χ0) is 13.4. The topological polar surface area (TPSA) is 78.4 Å². The van der Waals surface area contributed by atoms with Gasteiger partial charge in [0.2, 0.25) is 5.91 Å². The molecule has 18 heavy (non-hydrogen) atoms. The first-order valence-corrected chi connectivity index (χ1v) is 5.87. The monoisotopic (exact) mass is 250 g/mol. The lowest BCUT2D eigenvalue weighted by Crippen LogP contribution is -2.37. The van der Waals surface area contributed by atoms with E-state index in [1.54, 1.807) is 31.2 Å². The molecule has 1 atom stereocenters. The molecular weight excluding hydrogens is 232 g/mol. The number of nitrogens with one attached hydrogen (secondary N) is 2. The summed E-state index contributed by atoms with van der Waals surface area (Å²) in [6, 6.07) is 8.56. The molecule has 0 saturated carbocycles. The molecular formula is C13H18N2O3. The third kappa shape index (κ3) is 4.97. The first-order chi connectivity index (χ1) is 8.63. The number of carbonyl (C=O) groups excluding carboxylic acids is 2. The van der Waals surface area contributed by atoms with Crippen LogP contribution >= 0.6 is 0 Å². The number of carbonyl (C=O) groups is 2. The van der Waals surface area contributed by atoms with Crippen LogP contribution in [-0.2, 0) is 4.79 Å². The van der Waals surface area contributed by atoms with E-state index in [2.05, 4.69) is 10.6 Å². The third-order valence-corrected chi connectivity index (χ3v) is 2.35. The van der Waals surface area contributed by atoms with Gasteiger partial charge in [0.1, 0.15) is 0 Å². The Balaban J connectivity index is 2.26. The standard InChI is InChI=1S/C13H18N2O3/c1-10(9-16)15-12(17)7-8-14-13(18)11-5-3-2-4-6-11/h2-6,10,16H,7-9H2,1H3,(H,14,18)(H,15,17)/t10-/m1/s1. The van der Waals surface area contributed by atoms with Crippen LogP contribution in [0.2, 0.25) is 0 Å². The van der Waals surface area contributed by atoms with Crippen LogP contribution in [0.25, 0.3) is 0 Å². The lowest BCUT2D eigenvalue weighted by molar-refractivity contribution is -0.121. The summed E-state index contributed by atoms with van der Waals surface area (Å²) >= 11 is 0. The molecule has 0 aliphatic rings. The molecule has 0 unspecified atom stereocenters. The SMILES string of the molecule is C[C@H](CO)NC(=O)CCNC(=O)c1ccccc1. The molecule has 0 aromatic heterocycles. The molecule has 0 spiro atoms. The fourth-order valence-electron chi connectivity index (χ4n) is 1.37. The molecule has 1 aromatic carbocycles. The smallest absolute Gasteiger partial charge is 0.251 e. The molecule has 3 N–H and O–H groups in total. The van der Waals surface area contributed by atoms with Crippen LogP contribution in [0.15, 0.2) is 30.3 Å². The molecule has 0 saturated heterocycles. The van der Waals surface area contributed by atoms with Crippen molar-refractivity contribution in [1.82, 2.24) is 10.6 Å². The van der Waals surface area contributed by atoms with Gasteiger partial charge in [-0.25, -0.2) is 0 Å². The van der Waals surface area contributed by atoms with Gasteiger partial charge in [0.25, 0.3) is 5.91 Å². The van der Waals surface area contributed by atoms with E-state index in [1.165, 1.54) is 0 Å². The van der Waals surface area contributed by atoms with Gasteiger partial charge in [-0.15, -0.1) is 0 Å². The molecule has 5 nitrogen and oxygen atoms in total. The summed E-state index contributed by atoms with van der Waals surface area (Å²) in [5, 5.41) is 14.0. The van der Waals surface area contributed by atoms with Gasteiger partial charge in [-0.3, -0.25) is 9.59 Å².